The van der Waals surface area contributed by atoms with Gasteiger partial charge in [-0.1, -0.05) is 40.2 Å². The molecule has 1 aromatic heterocycles. The van der Waals surface area contributed by atoms with E-state index in [-0.39, 0.29) is 39.8 Å². The molecule has 0 bridgehead atoms. The Morgan fingerprint density at radius 2 is 1.75 bits per heavy atom. The van der Waals surface area contributed by atoms with Gasteiger partial charge < -0.3 is 4.42 Å². The van der Waals surface area contributed by atoms with Crippen LogP contribution in [0.5, 0.6) is 0 Å². The molecule has 2 aromatic rings. The van der Waals surface area contributed by atoms with Gasteiger partial charge in [0.1, 0.15) is 0 Å². The molecule has 0 saturated heterocycles. The van der Waals surface area contributed by atoms with Crippen molar-refractivity contribution < 1.29 is 18.8 Å². The van der Waals surface area contributed by atoms with E-state index in [0.717, 1.165) is 0 Å². The maximum absolute atomic E-state index is 12.5. The summed E-state index contributed by atoms with van der Waals surface area (Å²) in [5.74, 6) is -0.904. The number of furan rings is 1. The Bertz CT molecular complexity index is 770. The van der Waals surface area contributed by atoms with E-state index in [2.05, 4.69) is 15.9 Å². The van der Waals surface area contributed by atoms with Gasteiger partial charge in [-0.05, 0) is 0 Å². The molecule has 0 N–H and O–H groups in total. The molecule has 1 aromatic carbocycles. The second-order valence-corrected chi connectivity index (χ2v) is 5.07. The molecule has 0 spiro atoms. The quantitative estimate of drug-likeness (QED) is 0.534. The summed E-state index contributed by atoms with van der Waals surface area (Å²) < 4.78 is 5.38. The number of hydrogen-bond donors (Lipinski definition) is 0. The normalized spacial score (nSPS) is 13.1. The third-order valence-corrected chi connectivity index (χ3v) is 3.87. The third-order valence-electron chi connectivity index (χ3n) is 3.31. The van der Waals surface area contributed by atoms with Crippen molar-refractivity contribution in [3.05, 3.63) is 58.0 Å². The van der Waals surface area contributed by atoms with Gasteiger partial charge in [-0.3, -0.25) is 14.4 Å². The van der Waals surface area contributed by atoms with Crippen LogP contribution in [0.4, 0.5) is 0 Å². The van der Waals surface area contributed by atoms with Crippen molar-refractivity contribution in [2.75, 3.05) is 0 Å². The number of ketones is 3. The van der Waals surface area contributed by atoms with Crippen LogP contribution in [0, 0.1) is 0 Å². The topological polar surface area (TPSA) is 64.3 Å². The van der Waals surface area contributed by atoms with E-state index in [1.807, 2.05) is 0 Å². The molecule has 1 aliphatic rings. The molecule has 3 rings (SSSR count). The standard InChI is InChI=1S/C15H9BrO4/c1-7(17)14-10(6-16)11-12(18)8-4-2-3-5-9(8)13(19)15(11)20-14/h2-5H,6H2,1H3. The number of carbonyl (C=O) groups excluding carboxylic acids is 3. The van der Waals surface area contributed by atoms with E-state index in [4.69, 9.17) is 4.42 Å². The zero-order valence-corrected chi connectivity index (χ0v) is 12.1. The van der Waals surface area contributed by atoms with Crippen molar-refractivity contribution in [3.63, 3.8) is 0 Å². The van der Waals surface area contributed by atoms with Gasteiger partial charge in [0.25, 0.3) is 0 Å². The Hall–Kier alpha value is -2.01. The molecule has 20 heavy (non-hydrogen) atoms. The molecule has 100 valence electrons. The van der Waals surface area contributed by atoms with Crippen LogP contribution in [-0.4, -0.2) is 17.3 Å². The first kappa shape index (κ1) is 13.0. The third kappa shape index (κ3) is 1.63. The van der Waals surface area contributed by atoms with Gasteiger partial charge in [0.05, 0.1) is 5.56 Å². The van der Waals surface area contributed by atoms with E-state index >= 15 is 0 Å². The second-order valence-electron chi connectivity index (χ2n) is 4.51. The molecular weight excluding hydrogens is 324 g/mol. The summed E-state index contributed by atoms with van der Waals surface area (Å²) in [4.78, 5) is 36.5. The van der Waals surface area contributed by atoms with Gasteiger partial charge in [-0.2, -0.15) is 0 Å². The highest BCUT2D eigenvalue weighted by Gasteiger charge is 2.37. The molecule has 0 amide bonds. The van der Waals surface area contributed by atoms with Gasteiger partial charge in [0, 0.05) is 28.9 Å². The van der Waals surface area contributed by atoms with Gasteiger partial charge in [-0.25, -0.2) is 0 Å². The number of alkyl halides is 1. The summed E-state index contributed by atoms with van der Waals surface area (Å²) in [6.07, 6.45) is 0. The SMILES string of the molecule is CC(=O)c1oc2c(c1CBr)C(=O)c1ccccc1C2=O. The van der Waals surface area contributed by atoms with E-state index in [0.29, 0.717) is 16.7 Å². The lowest BCUT2D eigenvalue weighted by molar-refractivity contribution is 0.0947. The minimum absolute atomic E-state index is 0.0339. The summed E-state index contributed by atoms with van der Waals surface area (Å²) in [6, 6.07) is 6.59. The van der Waals surface area contributed by atoms with E-state index in [1.54, 1.807) is 24.3 Å². The summed E-state index contributed by atoms with van der Waals surface area (Å²) in [7, 11) is 0. The largest absolute Gasteiger partial charge is 0.448 e. The first-order valence-electron chi connectivity index (χ1n) is 5.97. The molecule has 0 saturated carbocycles. The molecule has 1 heterocycles. The van der Waals surface area contributed by atoms with Gasteiger partial charge in [0.2, 0.25) is 5.78 Å². The van der Waals surface area contributed by atoms with Crippen LogP contribution in [0.2, 0.25) is 0 Å². The molecule has 5 heteroatoms. The minimum atomic E-state index is -0.357. The Balaban J connectivity index is 2.34. The summed E-state index contributed by atoms with van der Waals surface area (Å²) in [5, 5.41) is 0.280. The van der Waals surface area contributed by atoms with Crippen molar-refractivity contribution in [3.8, 4) is 0 Å². The number of hydrogen-bond acceptors (Lipinski definition) is 4. The predicted molar refractivity (Wildman–Crippen MR) is 74.7 cm³/mol. The maximum Gasteiger partial charge on any atom is 0.229 e. The number of halogens is 1. The van der Waals surface area contributed by atoms with Crippen LogP contribution in [0.3, 0.4) is 0 Å². The highest BCUT2D eigenvalue weighted by Crippen LogP contribution is 2.34. The summed E-state index contributed by atoms with van der Waals surface area (Å²) in [5.41, 5.74) is 1.31. The highest BCUT2D eigenvalue weighted by molar-refractivity contribution is 9.08. The van der Waals surface area contributed by atoms with Crippen molar-refractivity contribution >= 4 is 33.3 Å². The number of benzene rings is 1. The average molecular weight is 333 g/mol. The number of Topliss-reactive ketones (excluding diaryl/α,β-unsaturated/α-hetero) is 1. The van der Waals surface area contributed by atoms with Gasteiger partial charge in [0.15, 0.2) is 23.1 Å². The fraction of sp³-hybridized carbons (Fsp3) is 0.133. The van der Waals surface area contributed by atoms with Crippen molar-refractivity contribution in [1.29, 1.82) is 0 Å². The molecule has 0 radical (unpaired) electrons. The van der Waals surface area contributed by atoms with Gasteiger partial charge in [-0.15, -0.1) is 0 Å². The van der Waals surface area contributed by atoms with Crippen molar-refractivity contribution in [2.24, 2.45) is 0 Å². The Labute approximate surface area is 122 Å². The maximum atomic E-state index is 12.5. The Kier molecular flexibility index (Phi) is 2.94. The molecule has 4 nitrogen and oxygen atoms in total. The van der Waals surface area contributed by atoms with Crippen LogP contribution in [0.15, 0.2) is 28.7 Å². The lowest BCUT2D eigenvalue weighted by Gasteiger charge is -2.13. The Morgan fingerprint density at radius 3 is 2.30 bits per heavy atom. The van der Waals surface area contributed by atoms with Gasteiger partial charge >= 0.3 is 0 Å². The second kappa shape index (κ2) is 4.52. The van der Waals surface area contributed by atoms with Crippen LogP contribution < -0.4 is 0 Å². The lowest BCUT2D eigenvalue weighted by Crippen LogP contribution is -2.20. The number of carbonyl (C=O) groups is 3. The number of rotatable bonds is 2. The smallest absolute Gasteiger partial charge is 0.229 e. The summed E-state index contributed by atoms with van der Waals surface area (Å²) >= 11 is 3.25. The van der Waals surface area contributed by atoms with E-state index < -0.39 is 0 Å². The fourth-order valence-electron chi connectivity index (χ4n) is 2.41. The molecule has 0 aliphatic heterocycles. The van der Waals surface area contributed by atoms with Crippen LogP contribution >= 0.6 is 15.9 Å². The molecule has 0 unspecified atom stereocenters. The lowest BCUT2D eigenvalue weighted by atomic mass is 9.86. The molecule has 0 atom stereocenters. The highest BCUT2D eigenvalue weighted by atomic mass is 79.9. The first-order valence-corrected chi connectivity index (χ1v) is 7.09. The monoisotopic (exact) mass is 332 g/mol. The van der Waals surface area contributed by atoms with Crippen LogP contribution in [0.25, 0.3) is 0 Å². The first-order chi connectivity index (χ1) is 9.56. The minimum Gasteiger partial charge on any atom is -0.448 e. The van der Waals surface area contributed by atoms with E-state index in [1.165, 1.54) is 6.92 Å². The van der Waals surface area contributed by atoms with E-state index in [9.17, 15) is 14.4 Å². The molecule has 1 aliphatic carbocycles. The zero-order valence-electron chi connectivity index (χ0n) is 10.5. The summed E-state index contributed by atoms with van der Waals surface area (Å²) in [6.45, 7) is 1.35. The van der Waals surface area contributed by atoms with Crippen molar-refractivity contribution in [1.82, 2.24) is 0 Å². The van der Waals surface area contributed by atoms with Crippen molar-refractivity contribution in [2.45, 2.75) is 12.3 Å². The zero-order chi connectivity index (χ0) is 14.4. The van der Waals surface area contributed by atoms with Crippen LogP contribution in [-0.2, 0) is 5.33 Å². The van der Waals surface area contributed by atoms with Crippen LogP contribution in [0.1, 0.15) is 55.1 Å². The Morgan fingerprint density at radius 1 is 1.15 bits per heavy atom. The average Bonchev–Trinajstić information content (AvgIpc) is 2.85. The number of fused-ring (bicyclic) bond motifs is 2. The molecular formula is C15H9BrO4. The fourth-order valence-corrected chi connectivity index (χ4v) is 2.95. The predicted octanol–water partition coefficient (Wildman–Crippen LogP) is 3.15. The molecule has 0 fully saturated rings.